The number of rotatable bonds is 6. The summed E-state index contributed by atoms with van der Waals surface area (Å²) in [4.78, 5) is 14.2. The molecule has 0 aliphatic carbocycles. The summed E-state index contributed by atoms with van der Waals surface area (Å²) in [6, 6.07) is 10.2. The Morgan fingerprint density at radius 2 is 1.77 bits per heavy atom. The largest absolute Gasteiger partial charge is 0.482 e. The first kappa shape index (κ1) is 22.6. The fraction of sp³-hybridized carbons (Fsp3) is 0.409. The average molecular weight is 451 g/mol. The first-order valence-electron chi connectivity index (χ1n) is 9.96. The summed E-state index contributed by atoms with van der Waals surface area (Å²) in [7, 11) is -1.89. The highest BCUT2D eigenvalue weighted by molar-refractivity contribution is 7.89. The molecule has 0 bridgehead atoms. The van der Waals surface area contributed by atoms with Gasteiger partial charge in [-0.15, -0.1) is 0 Å². The molecule has 0 unspecified atom stereocenters. The Kier molecular flexibility index (Phi) is 7.06. The maximum Gasteiger partial charge on any atom is 0.264 e. The van der Waals surface area contributed by atoms with Crippen LogP contribution in [-0.4, -0.2) is 45.4 Å². The molecule has 1 amide bonds. The van der Waals surface area contributed by atoms with E-state index in [9.17, 15) is 13.2 Å². The summed E-state index contributed by atoms with van der Waals surface area (Å²) in [5, 5.41) is 0.162. The number of carbonyl (C=O) groups is 1. The monoisotopic (exact) mass is 450 g/mol. The van der Waals surface area contributed by atoms with Gasteiger partial charge in [-0.05, 0) is 68.1 Å². The van der Waals surface area contributed by atoms with Gasteiger partial charge in [-0.2, -0.15) is 4.31 Å². The first-order valence-corrected chi connectivity index (χ1v) is 11.8. The SMILES string of the molecule is Cc1ccc(N(C)C(=O)COc2ccc(S(=O)(=O)N3CCCCC3)cc2Cl)cc1C. The van der Waals surface area contributed by atoms with E-state index in [1.807, 2.05) is 32.0 Å². The molecule has 162 valence electrons. The van der Waals surface area contributed by atoms with Crippen LogP contribution in [0, 0.1) is 13.8 Å². The highest BCUT2D eigenvalue weighted by atomic mass is 35.5. The Labute approximate surface area is 183 Å². The molecule has 1 fully saturated rings. The number of nitrogens with zero attached hydrogens (tertiary/aromatic N) is 2. The molecule has 1 aliphatic heterocycles. The van der Waals surface area contributed by atoms with Gasteiger partial charge in [-0.3, -0.25) is 4.79 Å². The average Bonchev–Trinajstić information content (AvgIpc) is 2.74. The molecule has 2 aromatic carbocycles. The number of anilines is 1. The van der Waals surface area contributed by atoms with Crippen molar-refractivity contribution in [3.63, 3.8) is 0 Å². The zero-order chi connectivity index (χ0) is 21.9. The van der Waals surface area contributed by atoms with E-state index >= 15 is 0 Å². The Bertz CT molecular complexity index is 1030. The van der Waals surface area contributed by atoms with E-state index in [-0.39, 0.29) is 28.2 Å². The number of ether oxygens (including phenoxy) is 1. The fourth-order valence-electron chi connectivity index (χ4n) is 3.33. The third-order valence-electron chi connectivity index (χ3n) is 5.46. The third kappa shape index (κ3) is 4.96. The minimum Gasteiger partial charge on any atom is -0.482 e. The van der Waals surface area contributed by atoms with Gasteiger partial charge in [0.05, 0.1) is 9.92 Å². The fourth-order valence-corrected chi connectivity index (χ4v) is 5.17. The molecule has 0 saturated carbocycles. The molecule has 0 aromatic heterocycles. The van der Waals surface area contributed by atoms with Crippen molar-refractivity contribution in [2.45, 2.75) is 38.0 Å². The van der Waals surface area contributed by atoms with Crippen molar-refractivity contribution < 1.29 is 17.9 Å². The summed E-state index contributed by atoms with van der Waals surface area (Å²) < 4.78 is 32.6. The van der Waals surface area contributed by atoms with Crippen LogP contribution in [0.2, 0.25) is 5.02 Å². The van der Waals surface area contributed by atoms with Crippen LogP contribution in [0.1, 0.15) is 30.4 Å². The Morgan fingerprint density at radius 3 is 2.40 bits per heavy atom. The molecule has 30 heavy (non-hydrogen) atoms. The van der Waals surface area contributed by atoms with E-state index in [1.54, 1.807) is 7.05 Å². The lowest BCUT2D eigenvalue weighted by Gasteiger charge is -2.26. The molecule has 1 saturated heterocycles. The molecule has 0 spiro atoms. The molecular weight excluding hydrogens is 424 g/mol. The van der Waals surface area contributed by atoms with Gasteiger partial charge in [0, 0.05) is 25.8 Å². The van der Waals surface area contributed by atoms with Crippen LogP contribution < -0.4 is 9.64 Å². The van der Waals surface area contributed by atoms with Crippen molar-refractivity contribution in [2.75, 3.05) is 31.6 Å². The van der Waals surface area contributed by atoms with Gasteiger partial charge in [0.25, 0.3) is 5.91 Å². The number of halogens is 1. The second kappa shape index (κ2) is 9.37. The summed E-state index contributed by atoms with van der Waals surface area (Å²) in [6.07, 6.45) is 2.78. The van der Waals surface area contributed by atoms with Gasteiger partial charge in [-0.25, -0.2) is 8.42 Å². The molecule has 8 heteroatoms. The molecule has 0 atom stereocenters. The van der Waals surface area contributed by atoms with Crippen molar-refractivity contribution in [3.05, 3.63) is 52.5 Å². The first-order chi connectivity index (χ1) is 14.2. The summed E-state index contributed by atoms with van der Waals surface area (Å²) >= 11 is 6.26. The lowest BCUT2D eigenvalue weighted by Crippen LogP contribution is -2.35. The molecule has 1 heterocycles. The Hall–Kier alpha value is -2.09. The quantitative estimate of drug-likeness (QED) is 0.662. The summed E-state index contributed by atoms with van der Waals surface area (Å²) in [6.45, 7) is 4.85. The Morgan fingerprint density at radius 1 is 1.07 bits per heavy atom. The van der Waals surface area contributed by atoms with Gasteiger partial charge >= 0.3 is 0 Å². The van der Waals surface area contributed by atoms with Gasteiger partial charge < -0.3 is 9.64 Å². The zero-order valence-corrected chi connectivity index (χ0v) is 19.1. The second-order valence-electron chi connectivity index (χ2n) is 7.57. The number of hydrogen-bond acceptors (Lipinski definition) is 4. The Balaban J connectivity index is 1.67. The highest BCUT2D eigenvalue weighted by Gasteiger charge is 2.26. The molecule has 1 aliphatic rings. The number of piperidine rings is 1. The van der Waals surface area contributed by atoms with Gasteiger partial charge in [0.2, 0.25) is 10.0 Å². The highest BCUT2D eigenvalue weighted by Crippen LogP contribution is 2.30. The minimum atomic E-state index is -3.57. The lowest BCUT2D eigenvalue weighted by molar-refractivity contribution is -0.120. The molecule has 0 radical (unpaired) electrons. The molecular formula is C22H27ClN2O4S. The van der Waals surface area contributed by atoms with Crippen LogP contribution in [0.4, 0.5) is 5.69 Å². The number of aryl methyl sites for hydroxylation is 2. The molecule has 3 rings (SSSR count). The smallest absolute Gasteiger partial charge is 0.264 e. The van der Waals surface area contributed by atoms with Gasteiger partial charge in [0.15, 0.2) is 6.61 Å². The van der Waals surface area contributed by atoms with Crippen LogP contribution in [0.25, 0.3) is 0 Å². The number of carbonyl (C=O) groups excluding carboxylic acids is 1. The van der Waals surface area contributed by atoms with Crippen molar-refractivity contribution in [1.82, 2.24) is 4.31 Å². The predicted molar refractivity (Wildman–Crippen MR) is 119 cm³/mol. The van der Waals surface area contributed by atoms with E-state index in [4.69, 9.17) is 16.3 Å². The summed E-state index contributed by atoms with van der Waals surface area (Å²) in [5.41, 5.74) is 3.03. The van der Waals surface area contributed by atoms with Crippen LogP contribution in [-0.2, 0) is 14.8 Å². The standard InChI is InChI=1S/C22H27ClN2O4S/c1-16-7-8-18(13-17(16)2)24(3)22(26)15-29-21-10-9-19(14-20(21)23)30(27,28)25-11-5-4-6-12-25/h7-10,13-14H,4-6,11-12,15H2,1-3H3. The zero-order valence-electron chi connectivity index (χ0n) is 17.5. The van der Waals surface area contributed by atoms with Crippen LogP contribution >= 0.6 is 11.6 Å². The number of amides is 1. The van der Waals surface area contributed by atoms with Gasteiger partial charge in [-0.1, -0.05) is 24.1 Å². The third-order valence-corrected chi connectivity index (χ3v) is 7.65. The second-order valence-corrected chi connectivity index (χ2v) is 9.91. The maximum atomic E-state index is 12.8. The van der Waals surface area contributed by atoms with E-state index in [1.165, 1.54) is 27.4 Å². The van der Waals surface area contributed by atoms with Crippen molar-refractivity contribution in [3.8, 4) is 5.75 Å². The molecule has 2 aromatic rings. The number of likely N-dealkylation sites (N-methyl/N-ethyl adjacent to an activating group) is 1. The molecule has 0 N–H and O–H groups in total. The van der Waals surface area contributed by atoms with E-state index in [0.717, 1.165) is 36.1 Å². The molecule has 6 nitrogen and oxygen atoms in total. The number of hydrogen-bond donors (Lipinski definition) is 0. The van der Waals surface area contributed by atoms with Crippen molar-refractivity contribution in [1.29, 1.82) is 0 Å². The lowest BCUT2D eigenvalue weighted by atomic mass is 10.1. The van der Waals surface area contributed by atoms with Crippen molar-refractivity contribution >= 4 is 33.2 Å². The van der Waals surface area contributed by atoms with Crippen LogP contribution in [0.15, 0.2) is 41.3 Å². The van der Waals surface area contributed by atoms with E-state index < -0.39 is 10.0 Å². The normalized spacial score (nSPS) is 15.1. The van der Waals surface area contributed by atoms with Gasteiger partial charge in [0.1, 0.15) is 5.75 Å². The number of benzene rings is 2. The van der Waals surface area contributed by atoms with Crippen LogP contribution in [0.5, 0.6) is 5.75 Å². The van der Waals surface area contributed by atoms with E-state index in [2.05, 4.69) is 0 Å². The van der Waals surface area contributed by atoms with E-state index in [0.29, 0.717) is 13.1 Å². The summed E-state index contributed by atoms with van der Waals surface area (Å²) in [5.74, 6) is 0.0374. The predicted octanol–water partition coefficient (Wildman–Crippen LogP) is 4.17. The topological polar surface area (TPSA) is 66.9 Å². The number of sulfonamides is 1. The maximum absolute atomic E-state index is 12.8. The minimum absolute atomic E-state index is 0.139. The van der Waals surface area contributed by atoms with Crippen molar-refractivity contribution in [2.24, 2.45) is 0 Å². The van der Waals surface area contributed by atoms with Crippen LogP contribution in [0.3, 0.4) is 0 Å².